The minimum absolute atomic E-state index is 0.00706. The fourth-order valence-electron chi connectivity index (χ4n) is 3.72. The number of ether oxygens (including phenoxy) is 7. The van der Waals surface area contributed by atoms with Crippen molar-refractivity contribution in [2.45, 2.75) is 56.4 Å². The standard InChI is InChI=1S/C25H31NO11/c1-4-6-8-19(28)35-22-21(37-25(30)26-15-10-11-16-17(12-15)33-14-32-16)18(13-27)34-24(31-3)23(22)36-20(29)9-7-5-2/h4-5,10-12,18,21-24,27H,1-2,6-9,13-14H2,3H3,(H,26,30)/t18-,21-,22+,23-,24+/m1/s1. The molecule has 5 atom stereocenters. The summed E-state index contributed by atoms with van der Waals surface area (Å²) in [6.45, 7) is 6.60. The Morgan fingerprint density at radius 3 is 2.27 bits per heavy atom. The van der Waals surface area contributed by atoms with E-state index in [0.29, 0.717) is 30.0 Å². The fraction of sp³-hybridized carbons (Fsp3) is 0.480. The van der Waals surface area contributed by atoms with Crippen LogP contribution in [0.1, 0.15) is 25.7 Å². The smallest absolute Gasteiger partial charge is 0.412 e. The number of benzene rings is 1. The van der Waals surface area contributed by atoms with Gasteiger partial charge in [0.15, 0.2) is 36.1 Å². The third-order valence-electron chi connectivity index (χ3n) is 5.51. The first-order valence-corrected chi connectivity index (χ1v) is 11.7. The van der Waals surface area contributed by atoms with Crippen molar-refractivity contribution in [2.75, 3.05) is 25.8 Å². The number of carbonyl (C=O) groups is 3. The molecule has 0 aromatic heterocycles. The Kier molecular flexibility index (Phi) is 10.3. The van der Waals surface area contributed by atoms with Crippen molar-refractivity contribution in [3.63, 3.8) is 0 Å². The molecule has 2 aliphatic rings. The van der Waals surface area contributed by atoms with Gasteiger partial charge in [-0.15, -0.1) is 13.2 Å². The molecule has 1 amide bonds. The minimum Gasteiger partial charge on any atom is -0.454 e. The molecule has 3 rings (SSSR count). The number of methoxy groups -OCH3 is 1. The summed E-state index contributed by atoms with van der Waals surface area (Å²) in [6.07, 6.45) is -3.53. The Labute approximate surface area is 214 Å². The van der Waals surface area contributed by atoms with Crippen LogP contribution in [0.25, 0.3) is 0 Å². The van der Waals surface area contributed by atoms with E-state index in [1.807, 2.05) is 0 Å². The molecule has 0 aliphatic carbocycles. The topological polar surface area (TPSA) is 148 Å². The van der Waals surface area contributed by atoms with Crippen molar-refractivity contribution in [3.05, 3.63) is 43.5 Å². The number of anilines is 1. The number of nitrogens with one attached hydrogen (secondary N) is 1. The van der Waals surface area contributed by atoms with Crippen molar-refractivity contribution in [2.24, 2.45) is 0 Å². The predicted molar refractivity (Wildman–Crippen MR) is 128 cm³/mol. The highest BCUT2D eigenvalue weighted by atomic mass is 16.7. The van der Waals surface area contributed by atoms with Gasteiger partial charge in [0.25, 0.3) is 0 Å². The molecule has 202 valence electrons. The molecule has 12 nitrogen and oxygen atoms in total. The second-order valence-electron chi connectivity index (χ2n) is 8.09. The van der Waals surface area contributed by atoms with E-state index in [1.165, 1.54) is 7.11 Å². The molecule has 2 aliphatic heterocycles. The lowest BCUT2D eigenvalue weighted by Gasteiger charge is -2.43. The lowest BCUT2D eigenvalue weighted by molar-refractivity contribution is -0.299. The number of hydrogen-bond acceptors (Lipinski definition) is 11. The molecule has 0 radical (unpaired) electrons. The van der Waals surface area contributed by atoms with Gasteiger partial charge in [-0.2, -0.15) is 0 Å². The molecule has 1 aromatic carbocycles. The van der Waals surface area contributed by atoms with Crippen LogP contribution in [0.15, 0.2) is 43.5 Å². The molecule has 12 heteroatoms. The van der Waals surface area contributed by atoms with Crippen molar-refractivity contribution < 1.29 is 52.6 Å². The molecule has 0 saturated carbocycles. The number of aliphatic hydroxyl groups is 1. The molecular formula is C25H31NO11. The number of esters is 2. The summed E-state index contributed by atoms with van der Waals surface area (Å²) in [5.41, 5.74) is 0.341. The Morgan fingerprint density at radius 1 is 1.00 bits per heavy atom. The van der Waals surface area contributed by atoms with E-state index in [9.17, 15) is 19.5 Å². The number of rotatable bonds is 12. The van der Waals surface area contributed by atoms with Gasteiger partial charge >= 0.3 is 18.0 Å². The maximum absolute atomic E-state index is 12.8. The molecule has 0 spiro atoms. The normalized spacial score (nSPS) is 24.0. The van der Waals surface area contributed by atoms with Crippen LogP contribution in [-0.2, 0) is 33.3 Å². The summed E-state index contributed by atoms with van der Waals surface area (Å²) in [5.74, 6) is -0.322. The van der Waals surface area contributed by atoms with Gasteiger partial charge in [-0.25, -0.2) is 4.79 Å². The van der Waals surface area contributed by atoms with E-state index in [4.69, 9.17) is 33.2 Å². The fourth-order valence-corrected chi connectivity index (χ4v) is 3.72. The van der Waals surface area contributed by atoms with Gasteiger partial charge < -0.3 is 38.3 Å². The highest BCUT2D eigenvalue weighted by Gasteiger charge is 2.52. The van der Waals surface area contributed by atoms with Crippen LogP contribution < -0.4 is 14.8 Å². The number of amides is 1. The second kappa shape index (κ2) is 13.6. The average Bonchev–Trinajstić information content (AvgIpc) is 3.36. The van der Waals surface area contributed by atoms with Gasteiger partial charge in [0.05, 0.1) is 6.61 Å². The van der Waals surface area contributed by atoms with Gasteiger partial charge in [0, 0.05) is 31.7 Å². The quantitative estimate of drug-likeness (QED) is 0.237. The number of hydrogen-bond donors (Lipinski definition) is 2. The van der Waals surface area contributed by atoms with Crippen LogP contribution in [0.2, 0.25) is 0 Å². The molecule has 1 aromatic rings. The minimum atomic E-state index is -1.35. The largest absolute Gasteiger partial charge is 0.454 e. The van der Waals surface area contributed by atoms with E-state index in [-0.39, 0.29) is 19.6 Å². The molecule has 2 N–H and O–H groups in total. The predicted octanol–water partition coefficient (Wildman–Crippen LogP) is 2.45. The molecule has 1 saturated heterocycles. The zero-order valence-corrected chi connectivity index (χ0v) is 20.5. The maximum atomic E-state index is 12.8. The Balaban J connectivity index is 1.82. The van der Waals surface area contributed by atoms with Crippen molar-refractivity contribution in [1.29, 1.82) is 0 Å². The zero-order chi connectivity index (χ0) is 26.8. The first-order valence-electron chi connectivity index (χ1n) is 11.7. The summed E-state index contributed by atoms with van der Waals surface area (Å²) in [4.78, 5) is 37.8. The highest BCUT2D eigenvalue weighted by molar-refractivity contribution is 5.85. The van der Waals surface area contributed by atoms with Crippen LogP contribution in [0.5, 0.6) is 11.5 Å². The lowest BCUT2D eigenvalue weighted by Crippen LogP contribution is -2.62. The van der Waals surface area contributed by atoms with E-state index in [2.05, 4.69) is 18.5 Å². The Hall–Kier alpha value is -3.61. The van der Waals surface area contributed by atoms with E-state index in [0.717, 1.165) is 0 Å². The van der Waals surface area contributed by atoms with Crippen LogP contribution >= 0.6 is 0 Å². The molecule has 0 bridgehead atoms. The molecule has 1 fully saturated rings. The Bertz CT molecular complexity index is 981. The van der Waals surface area contributed by atoms with Crippen LogP contribution in [0.4, 0.5) is 10.5 Å². The SMILES string of the molecule is C=CCCC(=O)O[C@@H]1[C@@H](OC(=O)CCC=C)[C@@H](OC)O[C@H](CO)[C@H]1OC(=O)Nc1ccc2c(c1)OCO2. The number of fused-ring (bicyclic) bond motifs is 1. The van der Waals surface area contributed by atoms with E-state index < -0.39 is 55.3 Å². The number of aliphatic hydroxyl groups excluding tert-OH is 1. The first-order chi connectivity index (χ1) is 17.9. The van der Waals surface area contributed by atoms with Gasteiger partial charge in [0.2, 0.25) is 6.79 Å². The average molecular weight is 522 g/mol. The van der Waals surface area contributed by atoms with Gasteiger partial charge in [-0.1, -0.05) is 12.2 Å². The Morgan fingerprint density at radius 2 is 1.65 bits per heavy atom. The van der Waals surface area contributed by atoms with Gasteiger partial charge in [0.1, 0.15) is 6.10 Å². The van der Waals surface area contributed by atoms with Crippen LogP contribution in [0, 0.1) is 0 Å². The monoisotopic (exact) mass is 521 g/mol. The number of carbonyl (C=O) groups excluding carboxylic acids is 3. The lowest BCUT2D eigenvalue weighted by atomic mass is 9.98. The molecule has 2 heterocycles. The summed E-state index contributed by atoms with van der Waals surface area (Å²) in [6, 6.07) is 4.74. The van der Waals surface area contributed by atoms with Gasteiger partial charge in [-0.05, 0) is 25.0 Å². The van der Waals surface area contributed by atoms with Gasteiger partial charge in [-0.3, -0.25) is 14.9 Å². The summed E-state index contributed by atoms with van der Waals surface area (Å²) < 4.78 is 38.2. The third-order valence-corrected chi connectivity index (χ3v) is 5.51. The van der Waals surface area contributed by atoms with Crippen molar-refractivity contribution in [3.8, 4) is 11.5 Å². The van der Waals surface area contributed by atoms with Crippen molar-refractivity contribution >= 4 is 23.7 Å². The summed E-state index contributed by atoms with van der Waals surface area (Å²) >= 11 is 0. The second-order valence-corrected chi connectivity index (χ2v) is 8.09. The van der Waals surface area contributed by atoms with Crippen LogP contribution in [-0.4, -0.2) is 74.4 Å². The molecular weight excluding hydrogens is 490 g/mol. The first kappa shape index (κ1) is 28.0. The zero-order valence-electron chi connectivity index (χ0n) is 20.5. The highest BCUT2D eigenvalue weighted by Crippen LogP contribution is 2.35. The van der Waals surface area contributed by atoms with E-state index >= 15 is 0 Å². The summed E-state index contributed by atoms with van der Waals surface area (Å²) in [7, 11) is 1.30. The van der Waals surface area contributed by atoms with Crippen molar-refractivity contribution in [1.82, 2.24) is 0 Å². The van der Waals surface area contributed by atoms with E-state index in [1.54, 1.807) is 30.4 Å². The number of allylic oxidation sites excluding steroid dienone is 2. The maximum Gasteiger partial charge on any atom is 0.412 e. The molecule has 37 heavy (non-hydrogen) atoms. The third kappa shape index (κ3) is 7.44. The van der Waals surface area contributed by atoms with Crippen LogP contribution in [0.3, 0.4) is 0 Å². The molecule has 0 unspecified atom stereocenters. The summed E-state index contributed by atoms with van der Waals surface area (Å²) in [5, 5.41) is 12.5.